The Morgan fingerprint density at radius 2 is 2.06 bits per heavy atom. The molecule has 16 heavy (non-hydrogen) atoms. The van der Waals surface area contributed by atoms with Gasteiger partial charge in [0.05, 0.1) is 11.1 Å². The number of benzene rings is 1. The van der Waals surface area contributed by atoms with Gasteiger partial charge in [-0.25, -0.2) is 0 Å². The molecule has 1 aromatic carbocycles. The van der Waals surface area contributed by atoms with Gasteiger partial charge in [0.1, 0.15) is 12.4 Å². The lowest BCUT2D eigenvalue weighted by molar-refractivity contribution is -0.127. The Morgan fingerprint density at radius 3 is 2.75 bits per heavy atom. The fourth-order valence-electron chi connectivity index (χ4n) is 1.89. The lowest BCUT2D eigenvalue weighted by Gasteiger charge is -2.24. The van der Waals surface area contributed by atoms with Gasteiger partial charge >= 0.3 is 0 Å². The van der Waals surface area contributed by atoms with Crippen LogP contribution in [0.1, 0.15) is 19.4 Å². The Morgan fingerprint density at radius 1 is 1.38 bits per heavy atom. The van der Waals surface area contributed by atoms with E-state index in [1.807, 2.05) is 39.0 Å². The van der Waals surface area contributed by atoms with E-state index >= 15 is 0 Å². The molecule has 0 N–H and O–H groups in total. The van der Waals surface area contributed by atoms with Gasteiger partial charge < -0.3 is 9.64 Å². The van der Waals surface area contributed by atoms with Gasteiger partial charge in [0.25, 0.3) is 0 Å². The summed E-state index contributed by atoms with van der Waals surface area (Å²) in [6.45, 7) is 6.25. The molecule has 1 amide bonds. The minimum absolute atomic E-state index is 0.0943. The van der Waals surface area contributed by atoms with E-state index in [4.69, 9.17) is 4.74 Å². The van der Waals surface area contributed by atoms with Crippen molar-refractivity contribution < 1.29 is 9.53 Å². The van der Waals surface area contributed by atoms with Crippen LogP contribution in [-0.4, -0.2) is 19.6 Å². The third kappa shape index (κ3) is 1.66. The zero-order chi connectivity index (χ0) is 11.9. The van der Waals surface area contributed by atoms with Crippen LogP contribution in [0.15, 0.2) is 18.2 Å². The second-order valence-corrected chi connectivity index (χ2v) is 5.01. The first kappa shape index (κ1) is 11.0. The van der Waals surface area contributed by atoms with Gasteiger partial charge in [-0.2, -0.15) is 0 Å². The molecular formula is C13H17NO2. The van der Waals surface area contributed by atoms with Crippen molar-refractivity contribution in [3.05, 3.63) is 23.8 Å². The number of amides is 1. The Balaban J connectivity index is 2.51. The number of nitrogens with zero attached hydrogens (tertiary/aromatic N) is 1. The highest BCUT2D eigenvalue weighted by atomic mass is 16.5. The van der Waals surface area contributed by atoms with Crippen LogP contribution in [0.3, 0.4) is 0 Å². The maximum atomic E-state index is 12.2. The minimum Gasteiger partial charge on any atom is -0.490 e. The molecule has 0 saturated carbocycles. The molecule has 0 aliphatic carbocycles. The smallest absolute Gasteiger partial charge is 0.235 e. The topological polar surface area (TPSA) is 29.5 Å². The highest BCUT2D eigenvalue weighted by molar-refractivity contribution is 5.98. The van der Waals surface area contributed by atoms with Crippen molar-refractivity contribution in [3.63, 3.8) is 0 Å². The SMILES string of the molecule is Cc1ccc2c(c1)N(C)C(=O)C(C)(C)CO2. The van der Waals surface area contributed by atoms with Gasteiger partial charge in [0.15, 0.2) is 0 Å². The quantitative estimate of drug-likeness (QED) is 0.670. The summed E-state index contributed by atoms with van der Waals surface area (Å²) in [5, 5.41) is 0. The number of carbonyl (C=O) groups excluding carboxylic acids is 1. The summed E-state index contributed by atoms with van der Waals surface area (Å²) in [5.41, 5.74) is 1.51. The molecule has 1 aliphatic heterocycles. The number of carbonyl (C=O) groups is 1. The lowest BCUT2D eigenvalue weighted by Crippen LogP contribution is -2.39. The molecule has 0 aromatic heterocycles. The molecule has 0 fully saturated rings. The molecule has 0 bridgehead atoms. The number of aryl methyl sites for hydroxylation is 1. The van der Waals surface area contributed by atoms with E-state index < -0.39 is 5.41 Å². The molecule has 0 saturated heterocycles. The van der Waals surface area contributed by atoms with Crippen LogP contribution in [0.25, 0.3) is 0 Å². The second-order valence-electron chi connectivity index (χ2n) is 5.01. The van der Waals surface area contributed by atoms with Gasteiger partial charge in [-0.15, -0.1) is 0 Å². The molecule has 2 rings (SSSR count). The van der Waals surface area contributed by atoms with Gasteiger partial charge in [0.2, 0.25) is 5.91 Å². The van der Waals surface area contributed by atoms with Crippen molar-refractivity contribution in [2.75, 3.05) is 18.6 Å². The van der Waals surface area contributed by atoms with E-state index in [9.17, 15) is 4.79 Å². The fraction of sp³-hybridized carbons (Fsp3) is 0.462. The molecule has 86 valence electrons. The number of hydrogen-bond acceptors (Lipinski definition) is 2. The standard InChI is InChI=1S/C13H17NO2/c1-9-5-6-11-10(7-9)14(4)12(15)13(2,3)8-16-11/h5-7H,8H2,1-4H3. The maximum Gasteiger partial charge on any atom is 0.235 e. The number of ether oxygens (including phenoxy) is 1. The first-order chi connectivity index (χ1) is 7.42. The van der Waals surface area contributed by atoms with Crippen LogP contribution in [0.2, 0.25) is 0 Å². The van der Waals surface area contributed by atoms with Crippen LogP contribution in [0.4, 0.5) is 5.69 Å². The Labute approximate surface area is 96.0 Å². The van der Waals surface area contributed by atoms with Gasteiger partial charge in [-0.1, -0.05) is 6.07 Å². The monoisotopic (exact) mass is 219 g/mol. The van der Waals surface area contributed by atoms with Crippen molar-refractivity contribution in [2.45, 2.75) is 20.8 Å². The number of fused-ring (bicyclic) bond motifs is 1. The number of hydrogen-bond donors (Lipinski definition) is 0. The Hall–Kier alpha value is -1.51. The molecular weight excluding hydrogens is 202 g/mol. The first-order valence-electron chi connectivity index (χ1n) is 5.43. The van der Waals surface area contributed by atoms with Crippen molar-refractivity contribution in [3.8, 4) is 5.75 Å². The molecule has 1 aromatic rings. The number of rotatable bonds is 0. The Bertz CT molecular complexity index is 438. The summed E-state index contributed by atoms with van der Waals surface area (Å²) in [6, 6.07) is 5.90. The average molecular weight is 219 g/mol. The highest BCUT2D eigenvalue weighted by Gasteiger charge is 2.35. The van der Waals surface area contributed by atoms with E-state index in [1.165, 1.54) is 0 Å². The third-order valence-corrected chi connectivity index (χ3v) is 2.95. The fourth-order valence-corrected chi connectivity index (χ4v) is 1.89. The van der Waals surface area contributed by atoms with Crippen LogP contribution in [-0.2, 0) is 4.79 Å². The largest absolute Gasteiger partial charge is 0.490 e. The lowest BCUT2D eigenvalue weighted by atomic mass is 9.93. The van der Waals surface area contributed by atoms with Crippen LogP contribution in [0.5, 0.6) is 5.75 Å². The van der Waals surface area contributed by atoms with E-state index in [0.29, 0.717) is 6.61 Å². The van der Waals surface area contributed by atoms with E-state index in [0.717, 1.165) is 17.0 Å². The molecule has 3 nitrogen and oxygen atoms in total. The molecule has 1 heterocycles. The molecule has 3 heteroatoms. The summed E-state index contributed by atoms with van der Waals surface area (Å²) in [7, 11) is 1.80. The zero-order valence-corrected chi connectivity index (χ0v) is 10.2. The molecule has 0 unspecified atom stereocenters. The van der Waals surface area contributed by atoms with Gasteiger partial charge in [0, 0.05) is 7.05 Å². The summed E-state index contributed by atoms with van der Waals surface area (Å²) in [5.74, 6) is 0.879. The molecule has 0 spiro atoms. The van der Waals surface area contributed by atoms with Gasteiger partial charge in [-0.05, 0) is 38.5 Å². The Kier molecular flexibility index (Phi) is 2.41. The molecule has 0 atom stereocenters. The highest BCUT2D eigenvalue weighted by Crippen LogP contribution is 2.35. The summed E-state index contributed by atoms with van der Waals surface area (Å²) in [6.07, 6.45) is 0. The van der Waals surface area contributed by atoms with E-state index in [2.05, 4.69) is 0 Å². The first-order valence-corrected chi connectivity index (χ1v) is 5.43. The maximum absolute atomic E-state index is 12.2. The van der Waals surface area contributed by atoms with E-state index in [1.54, 1.807) is 11.9 Å². The number of anilines is 1. The van der Waals surface area contributed by atoms with E-state index in [-0.39, 0.29) is 5.91 Å². The second kappa shape index (κ2) is 3.51. The molecule has 0 radical (unpaired) electrons. The molecule has 1 aliphatic rings. The average Bonchev–Trinajstić information content (AvgIpc) is 2.31. The normalized spacial score (nSPS) is 18.8. The van der Waals surface area contributed by atoms with Crippen molar-refractivity contribution >= 4 is 11.6 Å². The third-order valence-electron chi connectivity index (χ3n) is 2.95. The minimum atomic E-state index is -0.471. The summed E-state index contributed by atoms with van der Waals surface area (Å²) in [4.78, 5) is 13.9. The van der Waals surface area contributed by atoms with Crippen LogP contribution < -0.4 is 9.64 Å². The summed E-state index contributed by atoms with van der Waals surface area (Å²) >= 11 is 0. The van der Waals surface area contributed by atoms with Crippen LogP contribution in [0, 0.1) is 12.3 Å². The van der Waals surface area contributed by atoms with Crippen molar-refractivity contribution in [2.24, 2.45) is 5.41 Å². The predicted octanol–water partition coefficient (Wildman–Crippen LogP) is 2.38. The van der Waals surface area contributed by atoms with Crippen molar-refractivity contribution in [1.29, 1.82) is 0 Å². The predicted molar refractivity (Wildman–Crippen MR) is 63.9 cm³/mol. The van der Waals surface area contributed by atoms with Crippen LogP contribution >= 0.6 is 0 Å². The zero-order valence-electron chi connectivity index (χ0n) is 10.2. The van der Waals surface area contributed by atoms with Crippen molar-refractivity contribution in [1.82, 2.24) is 0 Å². The van der Waals surface area contributed by atoms with Gasteiger partial charge in [-0.3, -0.25) is 4.79 Å². The summed E-state index contributed by atoms with van der Waals surface area (Å²) < 4.78 is 5.70.